The second-order valence-corrected chi connectivity index (χ2v) is 7.92. The highest BCUT2D eigenvalue weighted by Crippen LogP contribution is 2.28. The van der Waals surface area contributed by atoms with E-state index < -0.39 is 0 Å². The maximum Gasteiger partial charge on any atom is 0.253 e. The molecule has 1 fully saturated rings. The van der Waals surface area contributed by atoms with E-state index >= 15 is 0 Å². The molecular formula is C23H23N7O. The van der Waals surface area contributed by atoms with E-state index in [2.05, 4.69) is 24.8 Å². The van der Waals surface area contributed by atoms with Gasteiger partial charge in [0, 0.05) is 55.2 Å². The summed E-state index contributed by atoms with van der Waals surface area (Å²) in [5, 5.41) is 1.03. The van der Waals surface area contributed by atoms with E-state index in [-0.39, 0.29) is 5.56 Å². The Labute approximate surface area is 179 Å². The predicted octanol–water partition coefficient (Wildman–Crippen LogP) is 2.87. The highest BCUT2D eigenvalue weighted by Gasteiger charge is 2.23. The summed E-state index contributed by atoms with van der Waals surface area (Å²) in [6, 6.07) is 7.30. The summed E-state index contributed by atoms with van der Waals surface area (Å²) in [5.41, 5.74) is 2.43. The molecule has 1 saturated heterocycles. The molecule has 4 aromatic rings. The summed E-state index contributed by atoms with van der Waals surface area (Å²) in [6.07, 6.45) is 10.6. The largest absolute Gasteiger partial charge is 0.356 e. The Kier molecular flexibility index (Phi) is 5.11. The molecule has 1 aliphatic rings. The maximum atomic E-state index is 12.6. The Morgan fingerprint density at radius 2 is 1.81 bits per heavy atom. The van der Waals surface area contributed by atoms with Gasteiger partial charge in [0.25, 0.3) is 5.56 Å². The molecule has 31 heavy (non-hydrogen) atoms. The third kappa shape index (κ3) is 4.01. The molecule has 0 aromatic carbocycles. The fraction of sp³-hybridized carbons (Fsp3) is 0.304. The third-order valence-corrected chi connectivity index (χ3v) is 5.82. The topological polar surface area (TPSA) is 89.7 Å². The number of anilines is 1. The van der Waals surface area contributed by atoms with E-state index in [0.717, 1.165) is 54.0 Å². The van der Waals surface area contributed by atoms with Crippen LogP contribution in [0.3, 0.4) is 0 Å². The Bertz CT molecular complexity index is 1260. The van der Waals surface area contributed by atoms with Gasteiger partial charge in [0.1, 0.15) is 11.6 Å². The molecule has 5 rings (SSSR count). The zero-order chi connectivity index (χ0) is 21.2. The van der Waals surface area contributed by atoms with Gasteiger partial charge in [0.05, 0.1) is 23.7 Å². The first kappa shape index (κ1) is 19.3. The fourth-order valence-electron chi connectivity index (χ4n) is 4.17. The van der Waals surface area contributed by atoms with Crippen LogP contribution in [0.5, 0.6) is 0 Å². The second kappa shape index (κ2) is 8.22. The highest BCUT2D eigenvalue weighted by molar-refractivity contribution is 5.88. The molecule has 0 amide bonds. The molecule has 8 heteroatoms. The average Bonchev–Trinajstić information content (AvgIpc) is 2.81. The van der Waals surface area contributed by atoms with Gasteiger partial charge in [-0.3, -0.25) is 19.3 Å². The molecule has 0 spiro atoms. The molecule has 0 radical (unpaired) electrons. The van der Waals surface area contributed by atoms with E-state index in [1.165, 1.54) is 0 Å². The van der Waals surface area contributed by atoms with Crippen molar-refractivity contribution in [2.75, 3.05) is 18.0 Å². The minimum Gasteiger partial charge on any atom is -0.356 e. The molecule has 0 atom stereocenters. The van der Waals surface area contributed by atoms with E-state index in [1.807, 2.05) is 25.1 Å². The molecule has 0 saturated carbocycles. The first-order valence-electron chi connectivity index (χ1n) is 10.5. The summed E-state index contributed by atoms with van der Waals surface area (Å²) < 4.78 is 1.72. The number of nitrogens with zero attached hydrogens (tertiary/aromatic N) is 7. The van der Waals surface area contributed by atoms with Gasteiger partial charge in [-0.05, 0) is 43.9 Å². The van der Waals surface area contributed by atoms with Crippen molar-refractivity contribution in [2.24, 2.45) is 5.92 Å². The predicted molar refractivity (Wildman–Crippen MR) is 119 cm³/mol. The Balaban J connectivity index is 1.28. The summed E-state index contributed by atoms with van der Waals surface area (Å²) in [6.45, 7) is 4.40. The number of aryl methyl sites for hydroxylation is 1. The van der Waals surface area contributed by atoms with E-state index in [9.17, 15) is 4.79 Å². The first-order chi connectivity index (χ1) is 15.2. The Morgan fingerprint density at radius 1 is 1.03 bits per heavy atom. The van der Waals surface area contributed by atoms with Crippen molar-refractivity contribution < 1.29 is 0 Å². The molecule has 8 nitrogen and oxygen atoms in total. The lowest BCUT2D eigenvalue weighted by molar-refractivity contribution is 0.350. The van der Waals surface area contributed by atoms with Crippen LogP contribution in [0.15, 0.2) is 60.2 Å². The number of rotatable bonds is 4. The summed E-state index contributed by atoms with van der Waals surface area (Å²) >= 11 is 0. The number of pyridine rings is 2. The molecule has 0 aliphatic carbocycles. The standard InChI is InChI=1S/C23H23N7O/c1-16-27-21-13-25-9-4-19(21)23(28-16)29-10-5-17(6-11-29)14-30-15-26-20(12-22(30)31)18-2-7-24-8-3-18/h2-4,7-9,12-13,15,17H,5-6,10-11,14H2,1H3. The maximum absolute atomic E-state index is 12.6. The van der Waals surface area contributed by atoms with E-state index in [4.69, 9.17) is 4.98 Å². The van der Waals surface area contributed by atoms with Crippen LogP contribution in [0.2, 0.25) is 0 Å². The van der Waals surface area contributed by atoms with Crippen LogP contribution in [0.4, 0.5) is 5.82 Å². The summed E-state index contributed by atoms with van der Waals surface area (Å²) in [5.74, 6) is 2.16. The lowest BCUT2D eigenvalue weighted by atomic mass is 9.96. The van der Waals surface area contributed by atoms with Gasteiger partial charge >= 0.3 is 0 Å². The SMILES string of the molecule is Cc1nc(N2CCC(Cn3cnc(-c4ccncc4)cc3=O)CC2)c2ccncc2n1. The van der Waals surface area contributed by atoms with Crippen LogP contribution in [0.25, 0.3) is 22.2 Å². The summed E-state index contributed by atoms with van der Waals surface area (Å²) in [7, 11) is 0. The Morgan fingerprint density at radius 3 is 2.58 bits per heavy atom. The zero-order valence-electron chi connectivity index (χ0n) is 17.3. The monoisotopic (exact) mass is 413 g/mol. The van der Waals surface area contributed by atoms with Crippen LogP contribution in [-0.2, 0) is 6.54 Å². The Hall–Kier alpha value is -3.68. The normalized spacial score (nSPS) is 14.8. The smallest absolute Gasteiger partial charge is 0.253 e. The first-order valence-corrected chi connectivity index (χ1v) is 10.5. The van der Waals surface area contributed by atoms with E-state index in [0.29, 0.717) is 18.2 Å². The number of fused-ring (bicyclic) bond motifs is 1. The molecule has 5 heterocycles. The van der Waals surface area contributed by atoms with Crippen molar-refractivity contribution in [1.82, 2.24) is 29.5 Å². The van der Waals surface area contributed by atoms with Gasteiger partial charge in [-0.15, -0.1) is 0 Å². The van der Waals surface area contributed by atoms with Gasteiger partial charge in [-0.25, -0.2) is 15.0 Å². The van der Waals surface area contributed by atoms with Gasteiger partial charge in [0.2, 0.25) is 0 Å². The average molecular weight is 413 g/mol. The van der Waals surface area contributed by atoms with Crippen molar-refractivity contribution in [3.63, 3.8) is 0 Å². The van der Waals surface area contributed by atoms with Gasteiger partial charge in [-0.1, -0.05) is 0 Å². The van der Waals surface area contributed by atoms with Gasteiger partial charge in [0.15, 0.2) is 0 Å². The molecule has 0 unspecified atom stereocenters. The fourth-order valence-corrected chi connectivity index (χ4v) is 4.17. The quantitative estimate of drug-likeness (QED) is 0.508. The molecule has 0 N–H and O–H groups in total. The van der Waals surface area contributed by atoms with Crippen molar-refractivity contribution in [3.05, 3.63) is 71.6 Å². The van der Waals surface area contributed by atoms with Crippen molar-refractivity contribution in [3.8, 4) is 11.3 Å². The number of aromatic nitrogens is 6. The van der Waals surface area contributed by atoms with Crippen molar-refractivity contribution >= 4 is 16.7 Å². The van der Waals surface area contributed by atoms with Gasteiger partial charge in [-0.2, -0.15) is 0 Å². The van der Waals surface area contributed by atoms with E-state index in [1.54, 1.807) is 41.7 Å². The lowest BCUT2D eigenvalue weighted by Gasteiger charge is -2.33. The van der Waals surface area contributed by atoms with Crippen LogP contribution in [0, 0.1) is 12.8 Å². The second-order valence-electron chi connectivity index (χ2n) is 7.92. The zero-order valence-corrected chi connectivity index (χ0v) is 17.3. The van der Waals surface area contributed by atoms with Crippen LogP contribution >= 0.6 is 0 Å². The number of hydrogen-bond donors (Lipinski definition) is 0. The molecule has 0 bridgehead atoms. The molecular weight excluding hydrogens is 390 g/mol. The minimum absolute atomic E-state index is 0.0193. The minimum atomic E-state index is -0.0193. The van der Waals surface area contributed by atoms with Crippen LogP contribution < -0.4 is 10.5 Å². The molecule has 4 aromatic heterocycles. The lowest BCUT2D eigenvalue weighted by Crippen LogP contribution is -2.37. The van der Waals surface area contributed by atoms with Crippen LogP contribution in [0.1, 0.15) is 18.7 Å². The molecule has 1 aliphatic heterocycles. The van der Waals surface area contributed by atoms with Gasteiger partial charge < -0.3 is 4.90 Å². The number of piperidine rings is 1. The van der Waals surface area contributed by atoms with Crippen molar-refractivity contribution in [2.45, 2.75) is 26.3 Å². The van der Waals surface area contributed by atoms with Crippen molar-refractivity contribution in [1.29, 1.82) is 0 Å². The summed E-state index contributed by atoms with van der Waals surface area (Å²) in [4.78, 5) is 36.8. The highest BCUT2D eigenvalue weighted by atomic mass is 16.1. The van der Waals surface area contributed by atoms with Crippen LogP contribution in [-0.4, -0.2) is 42.6 Å². The third-order valence-electron chi connectivity index (χ3n) is 5.82. The number of hydrogen-bond acceptors (Lipinski definition) is 7. The molecule has 156 valence electrons.